The van der Waals surface area contributed by atoms with Crippen molar-refractivity contribution >= 4 is 12.4 Å². The van der Waals surface area contributed by atoms with E-state index in [-0.39, 0.29) is 18.2 Å². The molecule has 1 aliphatic rings. The molecule has 20 heavy (non-hydrogen) atoms. The molecule has 0 saturated carbocycles. The highest BCUT2D eigenvalue weighted by atomic mass is 35.5. The molecule has 0 amide bonds. The fourth-order valence-corrected chi connectivity index (χ4v) is 2.78. The molecule has 1 unspecified atom stereocenters. The van der Waals surface area contributed by atoms with Crippen molar-refractivity contribution in [3.63, 3.8) is 0 Å². The van der Waals surface area contributed by atoms with Crippen LogP contribution in [0.4, 0.5) is 4.39 Å². The SMILES string of the molecule is CC(C)N(Cc1cccc(F)c1)CC1(C)CCNC1.Cl. The van der Waals surface area contributed by atoms with Gasteiger partial charge in [-0.3, -0.25) is 4.90 Å². The standard InChI is InChI=1S/C16H25FN2.ClH/c1-13(2)19(12-16(3)7-8-18-11-16)10-14-5-4-6-15(17)9-14;/h4-6,9,13,18H,7-8,10-12H2,1-3H3;1H. The van der Waals surface area contributed by atoms with Gasteiger partial charge in [0.25, 0.3) is 0 Å². The van der Waals surface area contributed by atoms with Crippen molar-refractivity contribution in [3.8, 4) is 0 Å². The molecule has 2 nitrogen and oxygen atoms in total. The maximum absolute atomic E-state index is 13.3. The molecule has 1 aromatic carbocycles. The summed E-state index contributed by atoms with van der Waals surface area (Å²) >= 11 is 0. The molecule has 1 heterocycles. The monoisotopic (exact) mass is 300 g/mol. The highest BCUT2D eigenvalue weighted by molar-refractivity contribution is 5.85. The summed E-state index contributed by atoms with van der Waals surface area (Å²) in [6.07, 6.45) is 1.22. The van der Waals surface area contributed by atoms with E-state index in [9.17, 15) is 4.39 Å². The first kappa shape index (κ1) is 17.4. The average molecular weight is 301 g/mol. The first-order valence-corrected chi connectivity index (χ1v) is 7.18. The molecule has 0 spiro atoms. The third kappa shape index (κ3) is 4.72. The van der Waals surface area contributed by atoms with Gasteiger partial charge in [-0.2, -0.15) is 0 Å². The average Bonchev–Trinajstić information content (AvgIpc) is 2.75. The zero-order valence-corrected chi connectivity index (χ0v) is 13.5. The molecule has 0 bridgehead atoms. The van der Waals surface area contributed by atoms with Gasteiger partial charge in [0.05, 0.1) is 0 Å². The normalized spacial score (nSPS) is 22.3. The summed E-state index contributed by atoms with van der Waals surface area (Å²) in [5.41, 5.74) is 1.40. The summed E-state index contributed by atoms with van der Waals surface area (Å²) in [4.78, 5) is 2.45. The molecule has 1 atom stereocenters. The molecule has 0 aromatic heterocycles. The van der Waals surface area contributed by atoms with Gasteiger partial charge in [0.2, 0.25) is 0 Å². The lowest BCUT2D eigenvalue weighted by Gasteiger charge is -2.34. The van der Waals surface area contributed by atoms with Gasteiger partial charge < -0.3 is 5.32 Å². The van der Waals surface area contributed by atoms with Gasteiger partial charge in [-0.15, -0.1) is 12.4 Å². The van der Waals surface area contributed by atoms with Gasteiger partial charge >= 0.3 is 0 Å². The van der Waals surface area contributed by atoms with Gasteiger partial charge in [-0.25, -0.2) is 4.39 Å². The van der Waals surface area contributed by atoms with Crippen molar-refractivity contribution in [2.45, 2.75) is 39.8 Å². The van der Waals surface area contributed by atoms with E-state index in [4.69, 9.17) is 0 Å². The Balaban J connectivity index is 0.00000200. The van der Waals surface area contributed by atoms with Crippen molar-refractivity contribution in [1.29, 1.82) is 0 Å². The van der Waals surface area contributed by atoms with Gasteiger partial charge in [0.1, 0.15) is 5.82 Å². The van der Waals surface area contributed by atoms with Crippen LogP contribution in [0.2, 0.25) is 0 Å². The summed E-state index contributed by atoms with van der Waals surface area (Å²) in [6.45, 7) is 10.9. The summed E-state index contributed by atoms with van der Waals surface area (Å²) in [5, 5.41) is 3.44. The maximum Gasteiger partial charge on any atom is 0.123 e. The Kier molecular flexibility index (Phi) is 6.44. The lowest BCUT2D eigenvalue weighted by Crippen LogP contribution is -2.40. The topological polar surface area (TPSA) is 15.3 Å². The minimum absolute atomic E-state index is 0. The van der Waals surface area contributed by atoms with Crippen LogP contribution < -0.4 is 5.32 Å². The molecule has 114 valence electrons. The van der Waals surface area contributed by atoms with Crippen LogP contribution >= 0.6 is 12.4 Å². The minimum Gasteiger partial charge on any atom is -0.316 e. The van der Waals surface area contributed by atoms with Crippen LogP contribution in [0.3, 0.4) is 0 Å². The molecule has 1 aliphatic heterocycles. The Hall–Kier alpha value is -0.640. The van der Waals surface area contributed by atoms with Gasteiger partial charge in [0, 0.05) is 25.7 Å². The predicted octanol–water partition coefficient (Wildman–Crippen LogP) is 3.46. The molecule has 1 fully saturated rings. The third-order valence-corrected chi connectivity index (χ3v) is 4.05. The highest BCUT2D eigenvalue weighted by Crippen LogP contribution is 2.27. The lowest BCUT2D eigenvalue weighted by atomic mass is 9.88. The number of benzene rings is 1. The Labute approximate surface area is 128 Å². The van der Waals surface area contributed by atoms with Crippen LogP contribution in [-0.4, -0.2) is 30.6 Å². The molecule has 1 saturated heterocycles. The van der Waals surface area contributed by atoms with Crippen molar-refractivity contribution in [2.75, 3.05) is 19.6 Å². The van der Waals surface area contributed by atoms with Crippen LogP contribution in [0, 0.1) is 11.2 Å². The zero-order valence-electron chi connectivity index (χ0n) is 12.7. The Morgan fingerprint density at radius 2 is 2.15 bits per heavy atom. The number of halogens is 2. The maximum atomic E-state index is 13.3. The van der Waals surface area contributed by atoms with Gasteiger partial charge in [-0.1, -0.05) is 19.1 Å². The van der Waals surface area contributed by atoms with Gasteiger partial charge in [0.15, 0.2) is 0 Å². The predicted molar refractivity (Wildman–Crippen MR) is 84.8 cm³/mol. The van der Waals surface area contributed by atoms with E-state index in [0.29, 0.717) is 11.5 Å². The number of nitrogens with zero attached hydrogens (tertiary/aromatic N) is 1. The molecule has 2 rings (SSSR count). The largest absolute Gasteiger partial charge is 0.316 e. The van der Waals surface area contributed by atoms with Crippen LogP contribution in [0.1, 0.15) is 32.8 Å². The zero-order chi connectivity index (χ0) is 13.9. The molecule has 1 aromatic rings. The second kappa shape index (κ2) is 7.39. The summed E-state index contributed by atoms with van der Waals surface area (Å²) < 4.78 is 13.3. The van der Waals surface area contributed by atoms with E-state index in [1.54, 1.807) is 12.1 Å². The van der Waals surface area contributed by atoms with Crippen molar-refractivity contribution in [3.05, 3.63) is 35.6 Å². The number of rotatable bonds is 5. The lowest BCUT2D eigenvalue weighted by molar-refractivity contribution is 0.137. The molecule has 0 radical (unpaired) electrons. The number of nitrogens with one attached hydrogen (secondary N) is 1. The fraction of sp³-hybridized carbons (Fsp3) is 0.625. The van der Waals surface area contributed by atoms with E-state index in [1.807, 2.05) is 6.07 Å². The van der Waals surface area contributed by atoms with Crippen LogP contribution in [0.15, 0.2) is 24.3 Å². The van der Waals surface area contributed by atoms with Gasteiger partial charge in [-0.05, 0) is 49.9 Å². The number of hydrogen-bond donors (Lipinski definition) is 1. The molecular formula is C16H26ClFN2. The van der Waals surface area contributed by atoms with Crippen molar-refractivity contribution in [2.24, 2.45) is 5.41 Å². The van der Waals surface area contributed by atoms with Crippen molar-refractivity contribution in [1.82, 2.24) is 10.2 Å². The summed E-state index contributed by atoms with van der Waals surface area (Å²) in [7, 11) is 0. The first-order chi connectivity index (χ1) is 8.98. The number of hydrogen-bond acceptors (Lipinski definition) is 2. The smallest absolute Gasteiger partial charge is 0.123 e. The van der Waals surface area contributed by atoms with E-state index in [2.05, 4.69) is 31.0 Å². The van der Waals surface area contributed by atoms with E-state index in [1.165, 1.54) is 12.5 Å². The fourth-order valence-electron chi connectivity index (χ4n) is 2.78. The highest BCUT2D eigenvalue weighted by Gasteiger charge is 2.31. The molecule has 1 N–H and O–H groups in total. The summed E-state index contributed by atoms with van der Waals surface area (Å²) in [5.74, 6) is -0.144. The Bertz CT molecular complexity index is 417. The Morgan fingerprint density at radius 3 is 2.70 bits per heavy atom. The summed E-state index contributed by atoms with van der Waals surface area (Å²) in [6, 6.07) is 7.42. The quantitative estimate of drug-likeness (QED) is 0.896. The second-order valence-electron chi connectivity index (χ2n) is 6.37. The van der Waals surface area contributed by atoms with Crippen LogP contribution in [0.5, 0.6) is 0 Å². The van der Waals surface area contributed by atoms with E-state index in [0.717, 1.165) is 31.7 Å². The van der Waals surface area contributed by atoms with Crippen LogP contribution in [0.25, 0.3) is 0 Å². The van der Waals surface area contributed by atoms with Crippen molar-refractivity contribution < 1.29 is 4.39 Å². The third-order valence-electron chi connectivity index (χ3n) is 4.05. The molecule has 4 heteroatoms. The minimum atomic E-state index is -0.144. The van der Waals surface area contributed by atoms with Crippen LogP contribution in [-0.2, 0) is 6.54 Å². The van der Waals surface area contributed by atoms with E-state index < -0.39 is 0 Å². The second-order valence-corrected chi connectivity index (χ2v) is 6.37. The molecular weight excluding hydrogens is 275 g/mol. The Morgan fingerprint density at radius 1 is 1.40 bits per heavy atom. The van der Waals surface area contributed by atoms with E-state index >= 15 is 0 Å². The first-order valence-electron chi connectivity index (χ1n) is 7.18. The molecule has 0 aliphatic carbocycles.